The monoisotopic (exact) mass is 195 g/mol. The van der Waals surface area contributed by atoms with Crippen molar-refractivity contribution in [3.8, 4) is 0 Å². The van der Waals surface area contributed by atoms with Crippen molar-refractivity contribution < 1.29 is 0 Å². The van der Waals surface area contributed by atoms with Crippen LogP contribution in [0.5, 0.6) is 0 Å². The topological polar surface area (TPSA) is 26.0 Å². The van der Waals surface area contributed by atoms with Crippen LogP contribution in [0.3, 0.4) is 0 Å². The van der Waals surface area contributed by atoms with Crippen molar-refractivity contribution in [1.82, 2.24) is 0 Å². The summed E-state index contributed by atoms with van der Waals surface area (Å²) in [5.74, 6) is 0. The molecular formula is C11H14ClN. The highest BCUT2D eigenvalue weighted by Crippen LogP contribution is 2.19. The predicted octanol–water partition coefficient (Wildman–Crippen LogP) is 3.01. The Morgan fingerprint density at radius 2 is 2.23 bits per heavy atom. The first-order valence-electron chi connectivity index (χ1n) is 4.27. The molecule has 0 unspecified atom stereocenters. The van der Waals surface area contributed by atoms with E-state index in [4.69, 9.17) is 17.3 Å². The molecular weight excluding hydrogens is 182 g/mol. The van der Waals surface area contributed by atoms with Crippen molar-refractivity contribution >= 4 is 17.7 Å². The van der Waals surface area contributed by atoms with Crippen LogP contribution in [0.1, 0.15) is 18.1 Å². The third-order valence-corrected chi connectivity index (χ3v) is 2.21. The predicted molar refractivity (Wildman–Crippen MR) is 58.9 cm³/mol. The Morgan fingerprint density at radius 1 is 1.54 bits per heavy atom. The Hall–Kier alpha value is -0.790. The SMILES string of the molecule is C/C(=C/c1ccc(C)cc1Cl)CN. The molecule has 0 amide bonds. The van der Waals surface area contributed by atoms with Gasteiger partial charge in [-0.2, -0.15) is 0 Å². The minimum atomic E-state index is 0.574. The van der Waals surface area contributed by atoms with Crippen LogP contribution in [0.25, 0.3) is 6.08 Å². The highest BCUT2D eigenvalue weighted by molar-refractivity contribution is 6.32. The Morgan fingerprint density at radius 3 is 2.77 bits per heavy atom. The molecule has 1 aromatic rings. The molecule has 70 valence electrons. The molecule has 0 saturated heterocycles. The van der Waals surface area contributed by atoms with E-state index in [9.17, 15) is 0 Å². The highest BCUT2D eigenvalue weighted by atomic mass is 35.5. The first kappa shape index (κ1) is 10.3. The summed E-state index contributed by atoms with van der Waals surface area (Å²) in [4.78, 5) is 0. The summed E-state index contributed by atoms with van der Waals surface area (Å²) in [7, 11) is 0. The maximum Gasteiger partial charge on any atom is 0.0480 e. The molecule has 0 saturated carbocycles. The van der Waals surface area contributed by atoms with E-state index < -0.39 is 0 Å². The molecule has 1 aromatic carbocycles. The summed E-state index contributed by atoms with van der Waals surface area (Å²) in [6, 6.07) is 6.01. The van der Waals surface area contributed by atoms with Crippen LogP contribution < -0.4 is 5.73 Å². The van der Waals surface area contributed by atoms with Gasteiger partial charge in [-0.25, -0.2) is 0 Å². The number of halogens is 1. The zero-order valence-electron chi connectivity index (χ0n) is 7.97. The Bertz CT molecular complexity index is 329. The van der Waals surface area contributed by atoms with E-state index in [0.29, 0.717) is 6.54 Å². The third kappa shape index (κ3) is 2.87. The van der Waals surface area contributed by atoms with Crippen molar-refractivity contribution in [2.24, 2.45) is 5.73 Å². The van der Waals surface area contributed by atoms with Gasteiger partial charge in [-0.1, -0.05) is 35.4 Å². The molecule has 0 spiro atoms. The average Bonchev–Trinajstić information content (AvgIpc) is 2.09. The van der Waals surface area contributed by atoms with E-state index in [2.05, 4.69) is 0 Å². The summed E-state index contributed by atoms with van der Waals surface area (Å²) in [5.41, 5.74) is 8.83. The zero-order valence-corrected chi connectivity index (χ0v) is 8.73. The molecule has 0 bridgehead atoms. The van der Waals surface area contributed by atoms with E-state index in [1.54, 1.807) is 0 Å². The number of nitrogens with two attached hydrogens (primary N) is 1. The van der Waals surface area contributed by atoms with Crippen LogP contribution in [-0.4, -0.2) is 6.54 Å². The van der Waals surface area contributed by atoms with E-state index in [1.807, 2.05) is 38.1 Å². The lowest BCUT2D eigenvalue weighted by molar-refractivity contribution is 1.15. The summed E-state index contributed by atoms with van der Waals surface area (Å²) in [6.45, 7) is 4.59. The van der Waals surface area contributed by atoms with Crippen molar-refractivity contribution in [3.63, 3.8) is 0 Å². The Labute approximate surface area is 84.2 Å². The minimum Gasteiger partial charge on any atom is -0.327 e. The molecule has 0 aliphatic carbocycles. The van der Waals surface area contributed by atoms with Crippen molar-refractivity contribution in [2.45, 2.75) is 13.8 Å². The first-order valence-corrected chi connectivity index (χ1v) is 4.64. The van der Waals surface area contributed by atoms with Crippen molar-refractivity contribution in [1.29, 1.82) is 0 Å². The number of hydrogen-bond donors (Lipinski definition) is 1. The Balaban J connectivity index is 3.03. The van der Waals surface area contributed by atoms with Crippen LogP contribution in [0.2, 0.25) is 5.02 Å². The largest absolute Gasteiger partial charge is 0.327 e. The van der Waals surface area contributed by atoms with Gasteiger partial charge >= 0.3 is 0 Å². The van der Waals surface area contributed by atoms with Gasteiger partial charge in [0.1, 0.15) is 0 Å². The molecule has 0 radical (unpaired) electrons. The van der Waals surface area contributed by atoms with Gasteiger partial charge in [0.05, 0.1) is 0 Å². The first-order chi connectivity index (χ1) is 6.13. The second-order valence-corrected chi connectivity index (χ2v) is 3.63. The fraction of sp³-hybridized carbons (Fsp3) is 0.273. The molecule has 0 fully saturated rings. The maximum atomic E-state index is 6.05. The molecule has 0 heterocycles. The molecule has 1 nitrogen and oxygen atoms in total. The average molecular weight is 196 g/mol. The molecule has 0 aliphatic rings. The summed E-state index contributed by atoms with van der Waals surface area (Å²) in [5, 5.41) is 0.785. The second kappa shape index (κ2) is 4.45. The van der Waals surface area contributed by atoms with Gasteiger partial charge in [-0.3, -0.25) is 0 Å². The molecule has 1 rings (SSSR count). The fourth-order valence-electron chi connectivity index (χ4n) is 1.07. The maximum absolute atomic E-state index is 6.05. The van der Waals surface area contributed by atoms with Crippen LogP contribution in [-0.2, 0) is 0 Å². The molecule has 0 atom stereocenters. The van der Waals surface area contributed by atoms with Gasteiger partial charge in [0.2, 0.25) is 0 Å². The van der Waals surface area contributed by atoms with E-state index in [0.717, 1.165) is 16.2 Å². The van der Waals surface area contributed by atoms with Gasteiger partial charge in [0.25, 0.3) is 0 Å². The highest BCUT2D eigenvalue weighted by Gasteiger charge is 1.97. The Kier molecular flexibility index (Phi) is 3.52. The van der Waals surface area contributed by atoms with Crippen LogP contribution in [0.15, 0.2) is 23.8 Å². The van der Waals surface area contributed by atoms with Gasteiger partial charge in [0, 0.05) is 11.6 Å². The number of hydrogen-bond acceptors (Lipinski definition) is 1. The van der Waals surface area contributed by atoms with Crippen LogP contribution in [0, 0.1) is 6.92 Å². The number of benzene rings is 1. The lowest BCUT2D eigenvalue weighted by atomic mass is 10.1. The molecule has 2 heteroatoms. The van der Waals surface area contributed by atoms with Crippen LogP contribution >= 0.6 is 11.6 Å². The normalized spacial score (nSPS) is 11.8. The molecule has 0 aromatic heterocycles. The summed E-state index contributed by atoms with van der Waals surface area (Å²) >= 11 is 6.05. The van der Waals surface area contributed by atoms with Gasteiger partial charge in [-0.15, -0.1) is 0 Å². The quantitative estimate of drug-likeness (QED) is 0.772. The zero-order chi connectivity index (χ0) is 9.84. The van der Waals surface area contributed by atoms with Crippen molar-refractivity contribution in [2.75, 3.05) is 6.54 Å². The van der Waals surface area contributed by atoms with E-state index >= 15 is 0 Å². The van der Waals surface area contributed by atoms with Gasteiger partial charge in [0.15, 0.2) is 0 Å². The van der Waals surface area contributed by atoms with Crippen LogP contribution in [0.4, 0.5) is 0 Å². The smallest absolute Gasteiger partial charge is 0.0480 e. The fourth-order valence-corrected chi connectivity index (χ4v) is 1.36. The minimum absolute atomic E-state index is 0.574. The summed E-state index contributed by atoms with van der Waals surface area (Å²) < 4.78 is 0. The number of rotatable bonds is 2. The van der Waals surface area contributed by atoms with E-state index in [1.165, 1.54) is 5.56 Å². The molecule has 13 heavy (non-hydrogen) atoms. The number of aryl methyl sites for hydroxylation is 1. The third-order valence-electron chi connectivity index (χ3n) is 1.88. The lowest BCUT2D eigenvalue weighted by Gasteiger charge is -2.01. The second-order valence-electron chi connectivity index (χ2n) is 3.22. The van der Waals surface area contributed by atoms with E-state index in [-0.39, 0.29) is 0 Å². The van der Waals surface area contributed by atoms with Gasteiger partial charge in [-0.05, 0) is 31.0 Å². The summed E-state index contributed by atoms with van der Waals surface area (Å²) in [6.07, 6.45) is 2.02. The van der Waals surface area contributed by atoms with Crippen molar-refractivity contribution in [3.05, 3.63) is 39.9 Å². The standard InChI is InChI=1S/C11H14ClN/c1-8-3-4-10(11(12)6-8)5-9(2)7-13/h3-6H,7,13H2,1-2H3/b9-5-. The lowest BCUT2D eigenvalue weighted by Crippen LogP contribution is -1.99. The van der Waals surface area contributed by atoms with Gasteiger partial charge < -0.3 is 5.73 Å². The molecule has 0 aliphatic heterocycles. The molecule has 2 N–H and O–H groups in total.